The number of benzene rings is 2. The summed E-state index contributed by atoms with van der Waals surface area (Å²) in [5, 5.41) is 7.85. The highest BCUT2D eigenvalue weighted by Gasteiger charge is 2.26. The van der Waals surface area contributed by atoms with E-state index in [-0.39, 0.29) is 29.9 Å². The lowest BCUT2D eigenvalue weighted by molar-refractivity contribution is -0.121. The van der Waals surface area contributed by atoms with Crippen LogP contribution in [0.25, 0.3) is 11.3 Å². The predicted molar refractivity (Wildman–Crippen MR) is 114 cm³/mol. The van der Waals surface area contributed by atoms with E-state index in [0.29, 0.717) is 29.2 Å². The Morgan fingerprint density at radius 1 is 1.33 bits per heavy atom. The number of anilines is 2. The van der Waals surface area contributed by atoms with Crippen LogP contribution in [0.15, 0.2) is 47.8 Å². The van der Waals surface area contributed by atoms with Gasteiger partial charge in [-0.15, -0.1) is 11.3 Å². The lowest BCUT2D eigenvalue weighted by Gasteiger charge is -2.24. The average molecular weight is 425 g/mol. The zero-order chi connectivity index (χ0) is 21.1. The monoisotopic (exact) mass is 425 g/mol. The Morgan fingerprint density at radius 2 is 2.17 bits per heavy atom. The van der Waals surface area contributed by atoms with Crippen molar-refractivity contribution in [1.29, 1.82) is 0 Å². The number of nitrogens with one attached hydrogen (secondary N) is 2. The largest absolute Gasteiger partial charge is 0.494 e. The van der Waals surface area contributed by atoms with Gasteiger partial charge in [-0.2, -0.15) is 0 Å². The molecule has 8 heteroatoms. The SMILES string of the molecule is COc1ccc(-c2csc(NC(=O)CCC3Cc4ccccc4NC3=O)n2)cc1F. The molecule has 0 saturated heterocycles. The first-order chi connectivity index (χ1) is 14.5. The van der Waals surface area contributed by atoms with Crippen LogP contribution in [0.1, 0.15) is 18.4 Å². The molecule has 0 radical (unpaired) electrons. The Hall–Kier alpha value is -3.26. The van der Waals surface area contributed by atoms with E-state index in [4.69, 9.17) is 4.74 Å². The molecule has 2 heterocycles. The van der Waals surface area contributed by atoms with Crippen molar-refractivity contribution in [2.24, 2.45) is 5.92 Å². The fourth-order valence-electron chi connectivity index (χ4n) is 3.42. The van der Waals surface area contributed by atoms with Crippen LogP contribution in [0, 0.1) is 11.7 Å². The molecule has 4 rings (SSSR count). The second kappa shape index (κ2) is 8.62. The number of rotatable bonds is 6. The molecule has 1 aliphatic heterocycles. The first-order valence-corrected chi connectivity index (χ1v) is 10.4. The van der Waals surface area contributed by atoms with Gasteiger partial charge in [0.1, 0.15) is 0 Å². The number of fused-ring (bicyclic) bond motifs is 1. The van der Waals surface area contributed by atoms with Gasteiger partial charge >= 0.3 is 0 Å². The van der Waals surface area contributed by atoms with Crippen molar-refractivity contribution < 1.29 is 18.7 Å². The van der Waals surface area contributed by atoms with Crippen molar-refractivity contribution in [3.63, 3.8) is 0 Å². The molecular formula is C22H20FN3O3S. The van der Waals surface area contributed by atoms with Gasteiger partial charge in [-0.3, -0.25) is 9.59 Å². The zero-order valence-corrected chi connectivity index (χ0v) is 17.1. The summed E-state index contributed by atoms with van der Waals surface area (Å²) in [6.45, 7) is 0. The Morgan fingerprint density at radius 3 is 2.97 bits per heavy atom. The number of carbonyl (C=O) groups is 2. The molecule has 0 saturated carbocycles. The van der Waals surface area contributed by atoms with E-state index < -0.39 is 5.82 Å². The second-order valence-electron chi connectivity index (χ2n) is 7.02. The molecule has 0 bridgehead atoms. The average Bonchev–Trinajstić information content (AvgIpc) is 3.20. The van der Waals surface area contributed by atoms with Gasteiger partial charge in [0.25, 0.3) is 0 Å². The highest BCUT2D eigenvalue weighted by molar-refractivity contribution is 7.14. The number of nitrogens with zero attached hydrogens (tertiary/aromatic N) is 1. The molecule has 0 spiro atoms. The van der Waals surface area contributed by atoms with E-state index in [1.54, 1.807) is 11.4 Å². The number of ether oxygens (including phenoxy) is 1. The number of hydrogen-bond acceptors (Lipinski definition) is 5. The summed E-state index contributed by atoms with van der Waals surface area (Å²) in [7, 11) is 1.41. The fourth-order valence-corrected chi connectivity index (χ4v) is 4.16. The highest BCUT2D eigenvalue weighted by atomic mass is 32.1. The summed E-state index contributed by atoms with van der Waals surface area (Å²) >= 11 is 1.27. The summed E-state index contributed by atoms with van der Waals surface area (Å²) in [6.07, 6.45) is 1.29. The van der Waals surface area contributed by atoms with Crippen molar-refractivity contribution in [2.45, 2.75) is 19.3 Å². The van der Waals surface area contributed by atoms with Crippen LogP contribution in [0.2, 0.25) is 0 Å². The van der Waals surface area contributed by atoms with Gasteiger partial charge in [0.05, 0.1) is 12.8 Å². The van der Waals surface area contributed by atoms with E-state index in [2.05, 4.69) is 15.6 Å². The van der Waals surface area contributed by atoms with Gasteiger partial charge in [-0.1, -0.05) is 18.2 Å². The molecule has 2 amide bonds. The van der Waals surface area contributed by atoms with Crippen LogP contribution in [-0.2, 0) is 16.0 Å². The smallest absolute Gasteiger partial charge is 0.227 e. The Kier molecular flexibility index (Phi) is 5.76. The minimum atomic E-state index is -0.471. The number of thiazole rings is 1. The summed E-state index contributed by atoms with van der Waals surface area (Å²) in [6, 6.07) is 12.3. The summed E-state index contributed by atoms with van der Waals surface area (Å²) in [5.74, 6) is -0.805. The molecule has 2 N–H and O–H groups in total. The molecule has 1 atom stereocenters. The van der Waals surface area contributed by atoms with E-state index in [0.717, 1.165) is 11.3 Å². The number of hydrogen-bond donors (Lipinski definition) is 2. The highest BCUT2D eigenvalue weighted by Crippen LogP contribution is 2.30. The molecule has 30 heavy (non-hydrogen) atoms. The van der Waals surface area contributed by atoms with Gasteiger partial charge in [0, 0.05) is 29.0 Å². The van der Waals surface area contributed by atoms with Gasteiger partial charge in [0.2, 0.25) is 11.8 Å². The van der Waals surface area contributed by atoms with Gasteiger partial charge < -0.3 is 15.4 Å². The van der Waals surface area contributed by atoms with Crippen molar-refractivity contribution in [2.75, 3.05) is 17.7 Å². The standard InChI is InChI=1S/C22H20FN3O3S/c1-29-19-8-6-14(11-16(19)23)18-12-30-22(25-18)26-20(27)9-7-15-10-13-4-2-3-5-17(13)24-21(15)28/h2-6,8,11-12,15H,7,9-10H2,1H3,(H,24,28)(H,25,26,27). The third-order valence-electron chi connectivity index (χ3n) is 5.03. The van der Waals surface area contributed by atoms with Crippen molar-refractivity contribution >= 4 is 34.0 Å². The molecule has 1 aromatic heterocycles. The molecule has 6 nitrogen and oxygen atoms in total. The van der Waals surface area contributed by atoms with E-state index in [1.165, 1.54) is 30.6 Å². The lowest BCUT2D eigenvalue weighted by Crippen LogP contribution is -2.30. The third kappa shape index (κ3) is 4.33. The summed E-state index contributed by atoms with van der Waals surface area (Å²) < 4.78 is 18.8. The van der Waals surface area contributed by atoms with Crippen molar-refractivity contribution in [3.05, 3.63) is 59.2 Å². The molecule has 0 aliphatic carbocycles. The summed E-state index contributed by atoms with van der Waals surface area (Å²) in [4.78, 5) is 29.0. The maximum atomic E-state index is 13.9. The van der Waals surface area contributed by atoms with Crippen LogP contribution in [0.3, 0.4) is 0 Å². The van der Waals surface area contributed by atoms with Crippen LogP contribution in [-0.4, -0.2) is 23.9 Å². The minimum absolute atomic E-state index is 0.0560. The van der Waals surface area contributed by atoms with Gasteiger partial charge in [0.15, 0.2) is 16.7 Å². The van der Waals surface area contributed by atoms with Crippen LogP contribution >= 0.6 is 11.3 Å². The first-order valence-electron chi connectivity index (χ1n) is 9.51. The molecule has 0 fully saturated rings. The Bertz CT molecular complexity index is 1100. The maximum Gasteiger partial charge on any atom is 0.227 e. The van der Waals surface area contributed by atoms with E-state index in [1.807, 2.05) is 24.3 Å². The Balaban J connectivity index is 1.34. The number of methoxy groups -OCH3 is 1. The van der Waals surface area contributed by atoms with Crippen molar-refractivity contribution in [3.8, 4) is 17.0 Å². The van der Waals surface area contributed by atoms with Gasteiger partial charge in [-0.05, 0) is 42.7 Å². The Labute approximate surface area is 177 Å². The maximum absolute atomic E-state index is 13.9. The van der Waals surface area contributed by atoms with E-state index >= 15 is 0 Å². The lowest BCUT2D eigenvalue weighted by atomic mass is 9.89. The number of carbonyl (C=O) groups excluding carboxylic acids is 2. The molecular weight excluding hydrogens is 405 g/mol. The quantitative estimate of drug-likeness (QED) is 0.610. The van der Waals surface area contributed by atoms with Crippen LogP contribution < -0.4 is 15.4 Å². The molecule has 3 aromatic rings. The number of para-hydroxylation sites is 1. The third-order valence-corrected chi connectivity index (χ3v) is 5.79. The number of halogens is 1. The van der Waals surface area contributed by atoms with Gasteiger partial charge in [-0.25, -0.2) is 9.37 Å². The molecule has 2 aromatic carbocycles. The normalized spacial score (nSPS) is 15.3. The molecule has 1 aliphatic rings. The summed E-state index contributed by atoms with van der Waals surface area (Å²) in [5.41, 5.74) is 3.09. The van der Waals surface area contributed by atoms with Crippen LogP contribution in [0.5, 0.6) is 5.75 Å². The second-order valence-corrected chi connectivity index (χ2v) is 7.88. The van der Waals surface area contributed by atoms with E-state index in [9.17, 15) is 14.0 Å². The predicted octanol–water partition coefficient (Wildman–Crippen LogP) is 4.49. The number of amides is 2. The topological polar surface area (TPSA) is 80.3 Å². The zero-order valence-electron chi connectivity index (χ0n) is 16.3. The minimum Gasteiger partial charge on any atom is -0.494 e. The molecule has 154 valence electrons. The molecule has 1 unspecified atom stereocenters. The fraction of sp³-hybridized carbons (Fsp3) is 0.227. The first kappa shape index (κ1) is 20.0. The number of aromatic nitrogens is 1. The van der Waals surface area contributed by atoms with Crippen LogP contribution in [0.4, 0.5) is 15.2 Å². The van der Waals surface area contributed by atoms with Crippen molar-refractivity contribution in [1.82, 2.24) is 4.98 Å².